The van der Waals surface area contributed by atoms with Gasteiger partial charge in [-0.3, -0.25) is 10.3 Å². The average Bonchev–Trinajstić information content (AvgIpc) is 2.74. The summed E-state index contributed by atoms with van der Waals surface area (Å²) in [6.07, 6.45) is 6.60. The number of carbonyl (C=O) groups is 1. The number of anilines is 1. The zero-order valence-electron chi connectivity index (χ0n) is 15.6. The molecule has 3 rings (SSSR count). The van der Waals surface area contributed by atoms with Gasteiger partial charge in [0.15, 0.2) is 0 Å². The van der Waals surface area contributed by atoms with Gasteiger partial charge in [0.25, 0.3) is 5.91 Å². The van der Waals surface area contributed by atoms with Crippen LogP contribution in [0.1, 0.15) is 12.0 Å². The van der Waals surface area contributed by atoms with Crippen LogP contribution in [0, 0.1) is 0 Å². The van der Waals surface area contributed by atoms with Crippen LogP contribution in [-0.2, 0) is 4.74 Å². The Morgan fingerprint density at radius 2 is 1.96 bits per heavy atom. The van der Waals surface area contributed by atoms with E-state index in [0.717, 1.165) is 11.3 Å². The first-order valence-electron chi connectivity index (χ1n) is 8.93. The highest BCUT2D eigenvalue weighted by Crippen LogP contribution is 2.31. The predicted octanol–water partition coefficient (Wildman–Crippen LogP) is 2.27. The van der Waals surface area contributed by atoms with Crippen LogP contribution in [0.15, 0.2) is 65.9 Å². The molecule has 1 aromatic carbocycles. The Morgan fingerprint density at radius 1 is 1.21 bits per heavy atom. The first-order valence-corrected chi connectivity index (χ1v) is 8.93. The Balaban J connectivity index is 2.05. The number of aliphatic imine (C=N–C) groups is 1. The lowest BCUT2D eigenvalue weighted by atomic mass is 10.1. The highest BCUT2D eigenvalue weighted by atomic mass is 16.5. The van der Waals surface area contributed by atoms with Crippen molar-refractivity contribution in [2.24, 2.45) is 4.99 Å². The van der Waals surface area contributed by atoms with Crippen LogP contribution in [0.4, 0.5) is 10.5 Å². The molecule has 28 heavy (non-hydrogen) atoms. The third-order valence-corrected chi connectivity index (χ3v) is 4.19. The minimum absolute atomic E-state index is 0.0173. The van der Waals surface area contributed by atoms with Crippen LogP contribution in [-0.4, -0.2) is 53.5 Å². The molecule has 1 aromatic heterocycles. The van der Waals surface area contributed by atoms with E-state index in [9.17, 15) is 9.90 Å². The maximum Gasteiger partial charge on any atom is 0.418 e. The summed E-state index contributed by atoms with van der Waals surface area (Å²) in [5.74, 6) is -1.32. The summed E-state index contributed by atoms with van der Waals surface area (Å²) in [5.41, 5.74) is 2.15. The molecule has 1 atom stereocenters. The third-order valence-electron chi connectivity index (χ3n) is 4.19. The number of benzene rings is 1. The summed E-state index contributed by atoms with van der Waals surface area (Å²) < 4.78 is 5.07. The number of nitrogens with one attached hydrogen (secondary N) is 2. The van der Waals surface area contributed by atoms with Gasteiger partial charge in [0.2, 0.25) is 0 Å². The maximum atomic E-state index is 12.8. The Labute approximate surface area is 163 Å². The van der Waals surface area contributed by atoms with Crippen molar-refractivity contribution in [1.29, 1.82) is 0 Å². The number of rotatable bonds is 7. The normalized spacial score (nSPS) is 18.5. The molecule has 0 fully saturated rings. The van der Waals surface area contributed by atoms with Gasteiger partial charge in [0.1, 0.15) is 0 Å². The van der Waals surface area contributed by atoms with Crippen molar-refractivity contribution in [3.8, 4) is 0 Å². The van der Waals surface area contributed by atoms with Crippen LogP contribution >= 0.6 is 0 Å². The van der Waals surface area contributed by atoms with Crippen LogP contribution < -0.4 is 10.6 Å². The number of ether oxygens (including phenoxy) is 1. The van der Waals surface area contributed by atoms with Crippen molar-refractivity contribution in [3.63, 3.8) is 0 Å². The number of pyridine rings is 1. The molecule has 1 unspecified atom stereocenters. The second-order valence-electron chi connectivity index (χ2n) is 6.04. The SMILES string of the molecule is COC(=O)N1C(c2ccncc2)=CC=NC1(NCCCO)Nc1ccccc1. The van der Waals surface area contributed by atoms with E-state index in [1.807, 2.05) is 42.5 Å². The summed E-state index contributed by atoms with van der Waals surface area (Å²) in [4.78, 5) is 22.9. The van der Waals surface area contributed by atoms with Gasteiger partial charge in [-0.05, 0) is 36.8 Å². The van der Waals surface area contributed by atoms with E-state index in [4.69, 9.17) is 4.74 Å². The number of amides is 1. The largest absolute Gasteiger partial charge is 0.452 e. The van der Waals surface area contributed by atoms with Gasteiger partial charge in [0, 0.05) is 43.0 Å². The molecule has 2 heterocycles. The molecule has 0 radical (unpaired) electrons. The van der Waals surface area contributed by atoms with Gasteiger partial charge < -0.3 is 15.2 Å². The highest BCUT2D eigenvalue weighted by molar-refractivity contribution is 5.93. The van der Waals surface area contributed by atoms with Gasteiger partial charge in [-0.2, -0.15) is 0 Å². The number of aliphatic hydroxyl groups excluding tert-OH is 1. The summed E-state index contributed by atoms with van der Waals surface area (Å²) in [5, 5.41) is 15.7. The number of hydrogen-bond acceptors (Lipinski definition) is 7. The molecule has 2 aromatic rings. The lowest BCUT2D eigenvalue weighted by Gasteiger charge is -2.43. The van der Waals surface area contributed by atoms with E-state index < -0.39 is 12.0 Å². The number of nitrogens with zero attached hydrogens (tertiary/aromatic N) is 3. The Hall–Kier alpha value is -3.23. The lowest BCUT2D eigenvalue weighted by Crippen LogP contribution is -2.65. The van der Waals surface area contributed by atoms with Crippen LogP contribution in [0.5, 0.6) is 0 Å². The van der Waals surface area contributed by atoms with Crippen molar-refractivity contribution in [3.05, 3.63) is 66.5 Å². The zero-order chi connectivity index (χ0) is 19.8. The molecule has 0 saturated carbocycles. The number of hydrogen-bond donors (Lipinski definition) is 3. The molecule has 146 valence electrons. The number of para-hydroxylation sites is 1. The van der Waals surface area contributed by atoms with Crippen molar-refractivity contribution < 1.29 is 14.6 Å². The van der Waals surface area contributed by atoms with E-state index >= 15 is 0 Å². The van der Waals surface area contributed by atoms with Crippen LogP contribution in [0.3, 0.4) is 0 Å². The fourth-order valence-corrected chi connectivity index (χ4v) is 2.91. The third kappa shape index (κ3) is 4.19. The number of aliphatic hydroxyl groups is 1. The van der Waals surface area contributed by atoms with Crippen molar-refractivity contribution in [2.45, 2.75) is 12.3 Å². The molecular formula is C20H23N5O3. The Morgan fingerprint density at radius 3 is 2.64 bits per heavy atom. The fourth-order valence-electron chi connectivity index (χ4n) is 2.91. The standard InChI is InChI=1S/C20H23N5O3/c1-28-19(27)25-18(16-8-12-21-13-9-16)10-14-23-20(25,22-11-5-15-26)24-17-6-3-2-4-7-17/h2-4,6-10,12-14,22,24,26H,5,11,15H2,1H3. The molecule has 1 aliphatic heterocycles. The van der Waals surface area contributed by atoms with E-state index in [2.05, 4.69) is 20.6 Å². The van der Waals surface area contributed by atoms with Gasteiger partial charge in [0.05, 0.1) is 12.8 Å². The topological polar surface area (TPSA) is 99.1 Å². The van der Waals surface area contributed by atoms with Crippen LogP contribution in [0.2, 0.25) is 0 Å². The molecule has 0 saturated heterocycles. The summed E-state index contributed by atoms with van der Waals surface area (Å²) >= 11 is 0. The molecule has 1 aliphatic rings. The van der Waals surface area contributed by atoms with Gasteiger partial charge in [-0.15, -0.1) is 0 Å². The van der Waals surface area contributed by atoms with E-state index in [0.29, 0.717) is 18.7 Å². The quantitative estimate of drug-likeness (QED) is 0.503. The fraction of sp³-hybridized carbons (Fsp3) is 0.250. The lowest BCUT2D eigenvalue weighted by molar-refractivity contribution is 0.0944. The second-order valence-corrected chi connectivity index (χ2v) is 6.04. The average molecular weight is 381 g/mol. The Kier molecular flexibility index (Phi) is 6.36. The molecule has 0 bridgehead atoms. The molecule has 8 heteroatoms. The number of methoxy groups -OCH3 is 1. The molecule has 0 aliphatic carbocycles. The smallest absolute Gasteiger partial charge is 0.418 e. The minimum atomic E-state index is -1.32. The summed E-state index contributed by atoms with van der Waals surface area (Å²) in [6, 6.07) is 13.1. The molecular weight excluding hydrogens is 358 g/mol. The van der Waals surface area contributed by atoms with E-state index in [1.54, 1.807) is 24.7 Å². The van der Waals surface area contributed by atoms with E-state index in [-0.39, 0.29) is 6.61 Å². The highest BCUT2D eigenvalue weighted by Gasteiger charge is 2.44. The van der Waals surface area contributed by atoms with Gasteiger partial charge in [-0.1, -0.05) is 18.2 Å². The van der Waals surface area contributed by atoms with E-state index in [1.165, 1.54) is 12.0 Å². The second kappa shape index (κ2) is 9.12. The summed E-state index contributed by atoms with van der Waals surface area (Å²) in [6.45, 7) is 0.439. The summed E-state index contributed by atoms with van der Waals surface area (Å²) in [7, 11) is 1.33. The first-order chi connectivity index (χ1) is 13.7. The molecule has 1 amide bonds. The molecule has 3 N–H and O–H groups in total. The predicted molar refractivity (Wildman–Crippen MR) is 107 cm³/mol. The molecule has 8 nitrogen and oxygen atoms in total. The first kappa shape index (κ1) is 19.5. The number of carbonyl (C=O) groups excluding carboxylic acids is 1. The Bertz CT molecular complexity index is 841. The van der Waals surface area contributed by atoms with Crippen molar-refractivity contribution >= 4 is 23.7 Å². The monoisotopic (exact) mass is 381 g/mol. The number of allylic oxidation sites excluding steroid dienone is 1. The number of aromatic nitrogens is 1. The minimum Gasteiger partial charge on any atom is -0.452 e. The van der Waals surface area contributed by atoms with Crippen LogP contribution in [0.25, 0.3) is 5.70 Å². The zero-order valence-corrected chi connectivity index (χ0v) is 15.6. The van der Waals surface area contributed by atoms with Gasteiger partial charge in [-0.25, -0.2) is 14.7 Å². The van der Waals surface area contributed by atoms with Gasteiger partial charge >= 0.3 is 6.09 Å². The molecule has 0 spiro atoms. The van der Waals surface area contributed by atoms with Crippen molar-refractivity contribution in [2.75, 3.05) is 25.6 Å². The van der Waals surface area contributed by atoms with Crippen molar-refractivity contribution in [1.82, 2.24) is 15.2 Å². The maximum absolute atomic E-state index is 12.8.